The number of halogens is 2. The maximum absolute atomic E-state index is 14.7. The number of rotatable bonds is 6. The first-order valence-corrected chi connectivity index (χ1v) is 12.4. The van der Waals surface area contributed by atoms with Gasteiger partial charge in [0, 0.05) is 17.7 Å². The number of nitrogens with one attached hydrogen (secondary N) is 3. The van der Waals surface area contributed by atoms with Gasteiger partial charge in [0.1, 0.15) is 40.2 Å². The van der Waals surface area contributed by atoms with Crippen molar-refractivity contribution in [2.45, 2.75) is 44.8 Å². The quantitative estimate of drug-likeness (QED) is 0.388. The van der Waals surface area contributed by atoms with E-state index in [9.17, 15) is 18.4 Å². The van der Waals surface area contributed by atoms with Crippen LogP contribution in [-0.4, -0.2) is 53.2 Å². The summed E-state index contributed by atoms with van der Waals surface area (Å²) in [5.41, 5.74) is -1.67. The minimum Gasteiger partial charge on any atom is -0.494 e. The average molecular weight is 538 g/mol. The summed E-state index contributed by atoms with van der Waals surface area (Å²) in [7, 11) is 1.33. The van der Waals surface area contributed by atoms with Crippen LogP contribution in [0.25, 0.3) is 22.6 Å². The van der Waals surface area contributed by atoms with Gasteiger partial charge in [-0.15, -0.1) is 0 Å². The van der Waals surface area contributed by atoms with E-state index in [-0.39, 0.29) is 46.2 Å². The largest absolute Gasteiger partial charge is 0.494 e. The summed E-state index contributed by atoms with van der Waals surface area (Å²) in [6.07, 6.45) is 0.148. The van der Waals surface area contributed by atoms with Crippen LogP contribution in [-0.2, 0) is 4.74 Å². The van der Waals surface area contributed by atoms with Gasteiger partial charge in [-0.1, -0.05) is 0 Å². The van der Waals surface area contributed by atoms with Gasteiger partial charge in [0.05, 0.1) is 12.7 Å². The molecule has 0 bridgehead atoms. The summed E-state index contributed by atoms with van der Waals surface area (Å²) in [6.45, 7) is 5.93. The number of imidazole rings is 1. The van der Waals surface area contributed by atoms with Gasteiger partial charge < -0.3 is 25.1 Å². The van der Waals surface area contributed by atoms with E-state index in [1.54, 1.807) is 32.9 Å². The predicted molar refractivity (Wildman–Crippen MR) is 139 cm³/mol. The Hall–Kier alpha value is -4.30. The zero-order chi connectivity index (χ0) is 28.4. The Balaban J connectivity index is 1.84. The number of carbonyl (C=O) groups excluding carboxylic acids is 2. The Bertz CT molecular complexity index is 1450. The molecule has 3 aromatic rings. The van der Waals surface area contributed by atoms with E-state index >= 15 is 0 Å². The number of aromatic nitrogens is 2. The maximum Gasteiger partial charge on any atom is 0.408 e. The van der Waals surface area contributed by atoms with Gasteiger partial charge in [0.2, 0.25) is 5.78 Å². The van der Waals surface area contributed by atoms with E-state index in [2.05, 4.69) is 20.6 Å². The van der Waals surface area contributed by atoms with Crippen molar-refractivity contribution in [1.82, 2.24) is 20.6 Å². The molecule has 0 radical (unpaired) electrons. The first-order chi connectivity index (χ1) is 18.5. The van der Waals surface area contributed by atoms with E-state index in [1.807, 2.05) is 0 Å². The summed E-state index contributed by atoms with van der Waals surface area (Å²) >= 11 is 0. The number of ether oxygens (including phenoxy) is 2. The highest BCUT2D eigenvalue weighted by atomic mass is 19.1. The van der Waals surface area contributed by atoms with Crippen molar-refractivity contribution in [3.63, 3.8) is 0 Å². The predicted octanol–water partition coefficient (Wildman–Crippen LogP) is 4.73. The second-order valence-electron chi connectivity index (χ2n) is 10.3. The molecule has 11 heteroatoms. The molecule has 1 saturated heterocycles. The normalized spacial score (nSPS) is 17.3. The molecule has 2 aromatic carbocycles. The van der Waals surface area contributed by atoms with E-state index < -0.39 is 34.7 Å². The number of hydrogen-bond acceptors (Lipinski definition) is 7. The number of Topliss-reactive ketones (excluding diaryl/α,β-unsaturated/α-hetero) is 1. The van der Waals surface area contributed by atoms with Gasteiger partial charge in [-0.05, 0) is 76.6 Å². The van der Waals surface area contributed by atoms with Crippen molar-refractivity contribution in [3.05, 3.63) is 59.3 Å². The van der Waals surface area contributed by atoms with E-state index in [0.717, 1.165) is 6.07 Å². The summed E-state index contributed by atoms with van der Waals surface area (Å²) in [4.78, 5) is 34.5. The fourth-order valence-corrected chi connectivity index (χ4v) is 4.45. The van der Waals surface area contributed by atoms with Crippen molar-refractivity contribution in [3.8, 4) is 34.5 Å². The third-order valence-corrected chi connectivity index (χ3v) is 6.28. The van der Waals surface area contributed by atoms with Crippen LogP contribution >= 0.6 is 0 Å². The van der Waals surface area contributed by atoms with Crippen molar-refractivity contribution in [2.75, 3.05) is 20.2 Å². The first kappa shape index (κ1) is 27.7. The van der Waals surface area contributed by atoms with Crippen LogP contribution in [0.3, 0.4) is 0 Å². The summed E-state index contributed by atoms with van der Waals surface area (Å²) in [5, 5.41) is 15.0. The van der Waals surface area contributed by atoms with Crippen LogP contribution in [0.4, 0.5) is 13.6 Å². The Morgan fingerprint density at radius 3 is 2.44 bits per heavy atom. The van der Waals surface area contributed by atoms with Gasteiger partial charge in [-0.2, -0.15) is 5.26 Å². The maximum atomic E-state index is 14.7. The number of alkyl carbamates (subject to hydrolysis) is 1. The summed E-state index contributed by atoms with van der Waals surface area (Å²) in [6, 6.07) is 9.82. The van der Waals surface area contributed by atoms with Crippen molar-refractivity contribution in [1.29, 1.82) is 5.26 Å². The molecule has 1 fully saturated rings. The highest BCUT2D eigenvalue weighted by Crippen LogP contribution is 2.33. The summed E-state index contributed by atoms with van der Waals surface area (Å²) < 4.78 is 39.6. The number of nitriles is 1. The SMILES string of the molecule is COc1ccc(-c2nc(-c3ccc(C#N)c(F)c3)[nH]c2C(=O)[C@@]2(NC(=O)OC(C)(C)C)CCCNC2)cc1F. The zero-order valence-corrected chi connectivity index (χ0v) is 22.1. The number of carbonyl (C=O) groups is 2. The minimum absolute atomic E-state index is 0.000839. The number of piperidine rings is 1. The second-order valence-corrected chi connectivity index (χ2v) is 10.3. The van der Waals surface area contributed by atoms with Crippen LogP contribution in [0.5, 0.6) is 5.75 Å². The van der Waals surface area contributed by atoms with Gasteiger partial charge >= 0.3 is 6.09 Å². The Morgan fingerprint density at radius 1 is 1.13 bits per heavy atom. The zero-order valence-electron chi connectivity index (χ0n) is 22.1. The number of aromatic amines is 1. The van der Waals surface area contributed by atoms with E-state index in [0.29, 0.717) is 19.4 Å². The minimum atomic E-state index is -1.39. The molecule has 204 valence electrons. The Labute approximate surface area is 224 Å². The molecule has 0 spiro atoms. The molecule has 1 aliphatic heterocycles. The lowest BCUT2D eigenvalue weighted by Crippen LogP contribution is -2.63. The number of nitrogens with zero attached hydrogens (tertiary/aromatic N) is 2. The van der Waals surface area contributed by atoms with Crippen molar-refractivity contribution >= 4 is 11.9 Å². The van der Waals surface area contributed by atoms with Gasteiger partial charge in [0.25, 0.3) is 0 Å². The van der Waals surface area contributed by atoms with Crippen LogP contribution in [0.1, 0.15) is 49.7 Å². The lowest BCUT2D eigenvalue weighted by atomic mass is 9.83. The van der Waals surface area contributed by atoms with Gasteiger partial charge in [-0.3, -0.25) is 4.79 Å². The molecule has 0 saturated carbocycles. The molecular weight excluding hydrogens is 508 g/mol. The third-order valence-electron chi connectivity index (χ3n) is 6.28. The molecule has 1 atom stereocenters. The molecule has 39 heavy (non-hydrogen) atoms. The molecule has 1 amide bonds. The number of H-pyrrole nitrogens is 1. The molecule has 1 aromatic heterocycles. The van der Waals surface area contributed by atoms with Crippen molar-refractivity contribution < 1.29 is 27.8 Å². The van der Waals surface area contributed by atoms with Crippen LogP contribution in [0.2, 0.25) is 0 Å². The number of benzene rings is 2. The Morgan fingerprint density at radius 2 is 1.85 bits per heavy atom. The fourth-order valence-electron chi connectivity index (χ4n) is 4.45. The topological polar surface area (TPSA) is 129 Å². The summed E-state index contributed by atoms with van der Waals surface area (Å²) in [5.74, 6) is -1.78. The lowest BCUT2D eigenvalue weighted by molar-refractivity contribution is 0.0411. The van der Waals surface area contributed by atoms with E-state index in [4.69, 9.17) is 14.7 Å². The molecule has 2 heterocycles. The standard InChI is InChI=1S/C28H29F2N5O4/c1-27(2,3)39-26(37)35-28(10-5-11-32-15-28)24(36)23-22(16-8-9-21(38-4)20(30)12-16)33-25(34-23)17-6-7-18(14-31)19(29)13-17/h6-9,12-13,32H,5,10-11,15H2,1-4H3,(H,33,34)(H,35,37)/t28-/m1/s1. The molecule has 4 rings (SSSR count). The smallest absolute Gasteiger partial charge is 0.408 e. The van der Waals surface area contributed by atoms with E-state index in [1.165, 1.54) is 31.4 Å². The monoisotopic (exact) mass is 537 g/mol. The number of amides is 1. The van der Waals surface area contributed by atoms with Crippen molar-refractivity contribution in [2.24, 2.45) is 0 Å². The number of ketones is 1. The highest BCUT2D eigenvalue weighted by molar-refractivity contribution is 6.08. The molecule has 9 nitrogen and oxygen atoms in total. The number of hydrogen-bond donors (Lipinski definition) is 3. The average Bonchev–Trinajstić information content (AvgIpc) is 3.33. The fraction of sp³-hybridized carbons (Fsp3) is 0.357. The first-order valence-electron chi connectivity index (χ1n) is 12.4. The lowest BCUT2D eigenvalue weighted by Gasteiger charge is -2.37. The van der Waals surface area contributed by atoms with Gasteiger partial charge in [0.15, 0.2) is 11.6 Å². The molecule has 0 aliphatic carbocycles. The van der Waals surface area contributed by atoms with Crippen LogP contribution in [0.15, 0.2) is 36.4 Å². The number of methoxy groups -OCH3 is 1. The highest BCUT2D eigenvalue weighted by Gasteiger charge is 2.44. The van der Waals surface area contributed by atoms with Crippen LogP contribution < -0.4 is 15.4 Å². The molecule has 3 N–H and O–H groups in total. The molecule has 1 aliphatic rings. The Kier molecular flexibility index (Phi) is 7.70. The molecule has 0 unspecified atom stereocenters. The van der Waals surface area contributed by atoms with Crippen LogP contribution in [0, 0.1) is 23.0 Å². The third kappa shape index (κ3) is 5.91. The van der Waals surface area contributed by atoms with Gasteiger partial charge in [-0.25, -0.2) is 18.6 Å². The molecular formula is C28H29F2N5O4. The second kappa shape index (κ2) is 10.8.